The molecule has 0 fully saturated rings. The average Bonchev–Trinajstić information content (AvgIpc) is 2.46. The summed E-state index contributed by atoms with van der Waals surface area (Å²) < 4.78 is 0. The molecule has 0 saturated heterocycles. The number of carbonyl (C=O) groups is 1. The van der Waals surface area contributed by atoms with Gasteiger partial charge in [0.15, 0.2) is 0 Å². The molecule has 6 nitrogen and oxygen atoms in total. The van der Waals surface area contributed by atoms with Crippen LogP contribution in [0.3, 0.4) is 0 Å². The van der Waals surface area contributed by atoms with Gasteiger partial charge in [-0.3, -0.25) is 4.79 Å². The van der Waals surface area contributed by atoms with Crippen molar-refractivity contribution < 1.29 is 4.79 Å². The lowest BCUT2D eigenvalue weighted by atomic mass is 10.2. The fourth-order valence-corrected chi connectivity index (χ4v) is 1.55. The summed E-state index contributed by atoms with van der Waals surface area (Å²) in [4.78, 5) is 16.1. The summed E-state index contributed by atoms with van der Waals surface area (Å²) >= 11 is 0. The zero-order valence-corrected chi connectivity index (χ0v) is 10.6. The Morgan fingerprint density at radius 2 is 2.21 bits per heavy atom. The van der Waals surface area contributed by atoms with Crippen LogP contribution in [0, 0.1) is 0 Å². The van der Waals surface area contributed by atoms with Gasteiger partial charge < -0.3 is 10.6 Å². The molecule has 0 bridgehead atoms. The Hall–Kier alpha value is -2.50. The van der Waals surface area contributed by atoms with Crippen LogP contribution in [0.2, 0.25) is 0 Å². The number of nitrogens with one attached hydrogen (secondary N) is 2. The molecule has 0 aromatic carbocycles. The molecule has 6 heteroatoms. The van der Waals surface area contributed by atoms with Gasteiger partial charge in [-0.05, 0) is 31.2 Å². The van der Waals surface area contributed by atoms with E-state index in [1.54, 1.807) is 30.6 Å². The van der Waals surface area contributed by atoms with Crippen molar-refractivity contribution in [2.75, 3.05) is 11.9 Å². The van der Waals surface area contributed by atoms with Crippen molar-refractivity contribution in [3.05, 3.63) is 47.9 Å². The van der Waals surface area contributed by atoms with Crippen molar-refractivity contribution in [2.45, 2.75) is 13.5 Å². The zero-order chi connectivity index (χ0) is 13.5. The highest BCUT2D eigenvalue weighted by atomic mass is 16.1. The smallest absolute Gasteiger partial charge is 0.251 e. The lowest BCUT2D eigenvalue weighted by Gasteiger charge is -2.06. The first kappa shape index (κ1) is 12.9. The van der Waals surface area contributed by atoms with Crippen LogP contribution in [0.4, 0.5) is 5.82 Å². The molecule has 98 valence electrons. The second-order valence-corrected chi connectivity index (χ2v) is 3.86. The first-order valence-electron chi connectivity index (χ1n) is 6.04. The van der Waals surface area contributed by atoms with Gasteiger partial charge in [0.05, 0.1) is 12.2 Å². The van der Waals surface area contributed by atoms with E-state index >= 15 is 0 Å². The molecule has 0 unspecified atom stereocenters. The van der Waals surface area contributed by atoms with Gasteiger partial charge in [-0.15, -0.1) is 0 Å². The minimum Gasteiger partial charge on any atom is -0.370 e. The molecular formula is C13H15N5O. The van der Waals surface area contributed by atoms with Crippen molar-refractivity contribution in [3.8, 4) is 0 Å². The molecule has 0 aliphatic rings. The largest absolute Gasteiger partial charge is 0.370 e. The number of carbonyl (C=O) groups excluding carboxylic acids is 1. The highest BCUT2D eigenvalue weighted by molar-refractivity contribution is 5.94. The maximum atomic E-state index is 12.0. The highest BCUT2D eigenvalue weighted by Gasteiger charge is 2.06. The molecule has 2 heterocycles. The lowest BCUT2D eigenvalue weighted by molar-refractivity contribution is 0.0950. The van der Waals surface area contributed by atoms with Crippen LogP contribution in [0.5, 0.6) is 0 Å². The Morgan fingerprint density at radius 1 is 1.32 bits per heavy atom. The molecule has 0 atom stereocenters. The quantitative estimate of drug-likeness (QED) is 0.842. The number of anilines is 1. The minimum absolute atomic E-state index is 0.160. The molecular weight excluding hydrogens is 242 g/mol. The van der Waals surface area contributed by atoms with Crippen LogP contribution >= 0.6 is 0 Å². The lowest BCUT2D eigenvalue weighted by Crippen LogP contribution is -2.23. The number of aromatic nitrogens is 3. The fraction of sp³-hybridized carbons (Fsp3) is 0.231. The predicted octanol–water partition coefficient (Wildman–Crippen LogP) is 1.23. The van der Waals surface area contributed by atoms with Gasteiger partial charge in [0, 0.05) is 24.5 Å². The Bertz CT molecular complexity index is 544. The maximum absolute atomic E-state index is 12.0. The van der Waals surface area contributed by atoms with E-state index in [2.05, 4.69) is 25.8 Å². The Balaban J connectivity index is 1.98. The van der Waals surface area contributed by atoms with Gasteiger partial charge in [0.2, 0.25) is 0 Å². The topological polar surface area (TPSA) is 79.8 Å². The summed E-state index contributed by atoms with van der Waals surface area (Å²) in [5.74, 6) is 0.529. The second kappa shape index (κ2) is 6.44. The van der Waals surface area contributed by atoms with Crippen LogP contribution in [0.15, 0.2) is 36.7 Å². The molecule has 2 aromatic rings. The van der Waals surface area contributed by atoms with Gasteiger partial charge in [-0.2, -0.15) is 10.2 Å². The van der Waals surface area contributed by atoms with E-state index < -0.39 is 0 Å². The van der Waals surface area contributed by atoms with Crippen molar-refractivity contribution in [2.24, 2.45) is 0 Å². The number of hydrogen-bond donors (Lipinski definition) is 2. The number of pyridine rings is 1. The van der Waals surface area contributed by atoms with E-state index in [4.69, 9.17) is 0 Å². The Morgan fingerprint density at radius 3 is 2.95 bits per heavy atom. The van der Waals surface area contributed by atoms with E-state index in [1.165, 1.54) is 0 Å². The monoisotopic (exact) mass is 257 g/mol. The van der Waals surface area contributed by atoms with Gasteiger partial charge >= 0.3 is 0 Å². The number of nitrogens with zero attached hydrogens (tertiary/aromatic N) is 3. The number of hydrogen-bond acceptors (Lipinski definition) is 5. The highest BCUT2D eigenvalue weighted by Crippen LogP contribution is 2.06. The molecule has 19 heavy (non-hydrogen) atoms. The van der Waals surface area contributed by atoms with Crippen LogP contribution in [0.25, 0.3) is 0 Å². The number of amides is 1. The van der Waals surface area contributed by atoms with Gasteiger partial charge in [0.1, 0.15) is 5.82 Å². The summed E-state index contributed by atoms with van der Waals surface area (Å²) in [6.45, 7) is 3.09. The fourth-order valence-electron chi connectivity index (χ4n) is 1.55. The first-order valence-corrected chi connectivity index (χ1v) is 6.04. The molecule has 0 aliphatic heterocycles. The third kappa shape index (κ3) is 3.74. The molecule has 0 spiro atoms. The summed E-state index contributed by atoms with van der Waals surface area (Å²) in [5, 5.41) is 13.5. The second-order valence-electron chi connectivity index (χ2n) is 3.86. The summed E-state index contributed by atoms with van der Waals surface area (Å²) in [7, 11) is 0. The average molecular weight is 257 g/mol. The molecule has 0 aliphatic carbocycles. The SMILES string of the molecule is CCNc1cc(C(=O)NCc2cccnn2)ccn1. The molecule has 0 radical (unpaired) electrons. The summed E-state index contributed by atoms with van der Waals surface area (Å²) in [6.07, 6.45) is 3.20. The van der Waals surface area contributed by atoms with E-state index in [-0.39, 0.29) is 5.91 Å². The van der Waals surface area contributed by atoms with Gasteiger partial charge in [-0.1, -0.05) is 0 Å². The standard InChI is InChI=1S/C13H15N5O/c1-2-14-12-8-10(5-7-15-12)13(19)16-9-11-4-3-6-17-18-11/h3-8H,2,9H2,1H3,(H,14,15)(H,16,19). The van der Waals surface area contributed by atoms with Crippen LogP contribution in [-0.2, 0) is 6.54 Å². The first-order chi connectivity index (χ1) is 9.29. The van der Waals surface area contributed by atoms with Crippen molar-refractivity contribution in [1.29, 1.82) is 0 Å². The summed E-state index contributed by atoms with van der Waals surface area (Å²) in [5.41, 5.74) is 1.28. The van der Waals surface area contributed by atoms with Crippen molar-refractivity contribution in [1.82, 2.24) is 20.5 Å². The number of rotatable bonds is 5. The van der Waals surface area contributed by atoms with Crippen molar-refractivity contribution in [3.63, 3.8) is 0 Å². The Labute approximate surface area is 111 Å². The molecule has 2 aromatic heterocycles. The molecule has 2 rings (SSSR count). The third-order valence-electron chi connectivity index (χ3n) is 2.44. The third-order valence-corrected chi connectivity index (χ3v) is 2.44. The van der Waals surface area contributed by atoms with Crippen LogP contribution in [0.1, 0.15) is 23.0 Å². The summed E-state index contributed by atoms with van der Waals surface area (Å²) in [6, 6.07) is 6.98. The van der Waals surface area contributed by atoms with E-state index in [0.29, 0.717) is 17.9 Å². The van der Waals surface area contributed by atoms with E-state index in [9.17, 15) is 4.79 Å². The zero-order valence-electron chi connectivity index (χ0n) is 10.6. The molecule has 1 amide bonds. The minimum atomic E-state index is -0.160. The molecule has 0 saturated carbocycles. The van der Waals surface area contributed by atoms with E-state index in [0.717, 1.165) is 12.2 Å². The maximum Gasteiger partial charge on any atom is 0.251 e. The normalized spacial score (nSPS) is 9.95. The Kier molecular flexibility index (Phi) is 4.39. The van der Waals surface area contributed by atoms with Gasteiger partial charge in [0.25, 0.3) is 5.91 Å². The van der Waals surface area contributed by atoms with Gasteiger partial charge in [-0.25, -0.2) is 4.98 Å². The molecule has 2 N–H and O–H groups in total. The predicted molar refractivity (Wildman–Crippen MR) is 71.6 cm³/mol. The van der Waals surface area contributed by atoms with Crippen LogP contribution < -0.4 is 10.6 Å². The van der Waals surface area contributed by atoms with Crippen LogP contribution in [-0.4, -0.2) is 27.6 Å². The van der Waals surface area contributed by atoms with E-state index in [1.807, 2.05) is 13.0 Å². The van der Waals surface area contributed by atoms with Crippen molar-refractivity contribution >= 4 is 11.7 Å².